The molecule has 98 valence electrons. The summed E-state index contributed by atoms with van der Waals surface area (Å²) in [6.45, 7) is 4.95. The fraction of sp³-hybridized carbons (Fsp3) is 0.545. The quantitative estimate of drug-likeness (QED) is 0.880. The molecule has 0 aromatic carbocycles. The number of aromatic nitrogens is 2. The Hall–Kier alpha value is -1.37. The van der Waals surface area contributed by atoms with E-state index >= 15 is 0 Å². The normalized spacial score (nSPS) is 18.4. The standard InChI is InChI=1S/C11H15BrN4O2/c1-11(2)9(17)13-4-5-16(11)10-14-6-7(12)8(15-10)18-3/h6H,4-5H2,1-3H3,(H,13,17). The van der Waals surface area contributed by atoms with E-state index in [1.165, 1.54) is 0 Å². The van der Waals surface area contributed by atoms with Crippen molar-refractivity contribution in [3.8, 4) is 5.88 Å². The Kier molecular flexibility index (Phi) is 3.43. The predicted molar refractivity (Wildman–Crippen MR) is 70.7 cm³/mol. The van der Waals surface area contributed by atoms with E-state index in [0.29, 0.717) is 29.4 Å². The summed E-state index contributed by atoms with van der Waals surface area (Å²) in [7, 11) is 1.55. The minimum Gasteiger partial charge on any atom is -0.480 e. The van der Waals surface area contributed by atoms with Crippen LogP contribution in [0.1, 0.15) is 13.8 Å². The average Bonchev–Trinajstić information content (AvgIpc) is 2.34. The smallest absolute Gasteiger partial charge is 0.245 e. The van der Waals surface area contributed by atoms with Gasteiger partial charge in [0, 0.05) is 13.1 Å². The maximum absolute atomic E-state index is 11.9. The topological polar surface area (TPSA) is 67.3 Å². The second-order valence-corrected chi connectivity index (χ2v) is 5.35. The van der Waals surface area contributed by atoms with Gasteiger partial charge in [-0.3, -0.25) is 4.79 Å². The lowest BCUT2D eigenvalue weighted by molar-refractivity contribution is -0.126. The number of anilines is 1. The molecule has 1 aliphatic rings. The molecule has 0 unspecified atom stereocenters. The predicted octanol–water partition coefficient (Wildman–Crippen LogP) is 0.962. The number of hydrogen-bond donors (Lipinski definition) is 1. The van der Waals surface area contributed by atoms with Crippen molar-refractivity contribution >= 4 is 27.8 Å². The van der Waals surface area contributed by atoms with Crippen LogP contribution in [-0.4, -0.2) is 41.6 Å². The summed E-state index contributed by atoms with van der Waals surface area (Å²) in [6, 6.07) is 0. The van der Waals surface area contributed by atoms with E-state index in [-0.39, 0.29) is 5.91 Å². The highest BCUT2D eigenvalue weighted by atomic mass is 79.9. The average molecular weight is 315 g/mol. The fourth-order valence-electron chi connectivity index (χ4n) is 1.87. The second kappa shape index (κ2) is 4.72. The van der Waals surface area contributed by atoms with Crippen molar-refractivity contribution in [1.82, 2.24) is 15.3 Å². The zero-order chi connectivity index (χ0) is 13.3. The fourth-order valence-corrected chi connectivity index (χ4v) is 2.22. The molecular formula is C11H15BrN4O2. The first-order valence-corrected chi connectivity index (χ1v) is 6.38. The molecule has 0 atom stereocenters. The molecule has 7 heteroatoms. The van der Waals surface area contributed by atoms with Gasteiger partial charge in [-0.2, -0.15) is 4.98 Å². The Morgan fingerprint density at radius 3 is 2.94 bits per heavy atom. The summed E-state index contributed by atoms with van der Waals surface area (Å²) >= 11 is 3.31. The number of carbonyl (C=O) groups excluding carboxylic acids is 1. The van der Waals surface area contributed by atoms with E-state index < -0.39 is 5.54 Å². The number of nitrogens with one attached hydrogen (secondary N) is 1. The third kappa shape index (κ3) is 2.14. The molecule has 6 nitrogen and oxygen atoms in total. The van der Waals surface area contributed by atoms with Crippen molar-refractivity contribution in [2.45, 2.75) is 19.4 Å². The lowest BCUT2D eigenvalue weighted by Gasteiger charge is -2.41. The summed E-state index contributed by atoms with van der Waals surface area (Å²) in [4.78, 5) is 22.3. The summed E-state index contributed by atoms with van der Waals surface area (Å²) in [5.74, 6) is 0.927. The zero-order valence-corrected chi connectivity index (χ0v) is 12.1. The van der Waals surface area contributed by atoms with Gasteiger partial charge in [0.05, 0.1) is 17.8 Å². The zero-order valence-electron chi connectivity index (χ0n) is 10.5. The SMILES string of the molecule is COc1nc(N2CCNC(=O)C2(C)C)ncc1Br. The largest absolute Gasteiger partial charge is 0.480 e. The summed E-state index contributed by atoms with van der Waals surface area (Å²) < 4.78 is 5.83. The number of methoxy groups -OCH3 is 1. The summed E-state index contributed by atoms with van der Waals surface area (Å²) in [6.07, 6.45) is 1.63. The maximum Gasteiger partial charge on any atom is 0.245 e. The number of ether oxygens (including phenoxy) is 1. The Labute approximate surface area is 114 Å². The molecule has 0 saturated carbocycles. The van der Waals surface area contributed by atoms with E-state index in [1.807, 2.05) is 18.7 Å². The Morgan fingerprint density at radius 2 is 2.28 bits per heavy atom. The third-order valence-electron chi connectivity index (χ3n) is 2.99. The van der Waals surface area contributed by atoms with Gasteiger partial charge in [0.15, 0.2) is 0 Å². The van der Waals surface area contributed by atoms with Crippen LogP contribution in [0.5, 0.6) is 5.88 Å². The van der Waals surface area contributed by atoms with Crippen LogP contribution in [0.25, 0.3) is 0 Å². The monoisotopic (exact) mass is 314 g/mol. The van der Waals surface area contributed by atoms with Gasteiger partial charge in [-0.05, 0) is 29.8 Å². The van der Waals surface area contributed by atoms with Gasteiger partial charge in [-0.1, -0.05) is 0 Å². The number of nitrogens with zero attached hydrogens (tertiary/aromatic N) is 3. The van der Waals surface area contributed by atoms with Crippen molar-refractivity contribution < 1.29 is 9.53 Å². The Balaban J connectivity index is 2.38. The minimum absolute atomic E-state index is 0.0285. The molecule has 0 radical (unpaired) electrons. The lowest BCUT2D eigenvalue weighted by atomic mass is 10.00. The van der Waals surface area contributed by atoms with E-state index in [1.54, 1.807) is 13.3 Å². The van der Waals surface area contributed by atoms with Crippen molar-refractivity contribution in [2.75, 3.05) is 25.1 Å². The molecule has 1 aliphatic heterocycles. The molecule has 1 saturated heterocycles. The van der Waals surface area contributed by atoms with Gasteiger partial charge < -0.3 is 15.0 Å². The molecule has 0 aliphatic carbocycles. The van der Waals surface area contributed by atoms with Gasteiger partial charge in [0.25, 0.3) is 0 Å². The molecule has 1 fully saturated rings. The Bertz CT molecular complexity index is 478. The molecule has 1 N–H and O–H groups in total. The lowest BCUT2D eigenvalue weighted by Crippen LogP contribution is -2.62. The highest BCUT2D eigenvalue weighted by molar-refractivity contribution is 9.10. The van der Waals surface area contributed by atoms with Crippen LogP contribution in [0.2, 0.25) is 0 Å². The first-order chi connectivity index (χ1) is 8.46. The number of piperazine rings is 1. The molecule has 2 heterocycles. The van der Waals surface area contributed by atoms with Crippen molar-refractivity contribution in [3.63, 3.8) is 0 Å². The van der Waals surface area contributed by atoms with Gasteiger partial charge in [0.1, 0.15) is 5.54 Å². The molecule has 0 spiro atoms. The molecular weight excluding hydrogens is 300 g/mol. The molecule has 1 aromatic heterocycles. The molecule has 1 aromatic rings. The number of carbonyl (C=O) groups is 1. The van der Waals surface area contributed by atoms with Gasteiger partial charge in [0.2, 0.25) is 17.7 Å². The van der Waals surface area contributed by atoms with Crippen LogP contribution in [0.15, 0.2) is 10.7 Å². The third-order valence-corrected chi connectivity index (χ3v) is 3.53. The molecule has 18 heavy (non-hydrogen) atoms. The number of halogens is 1. The van der Waals surface area contributed by atoms with E-state index in [9.17, 15) is 4.79 Å². The van der Waals surface area contributed by atoms with Crippen LogP contribution in [0, 0.1) is 0 Å². The molecule has 0 bridgehead atoms. The van der Waals surface area contributed by atoms with Crippen molar-refractivity contribution in [3.05, 3.63) is 10.7 Å². The van der Waals surface area contributed by atoms with E-state index in [2.05, 4.69) is 31.2 Å². The molecule has 2 rings (SSSR count). The highest BCUT2D eigenvalue weighted by Crippen LogP contribution is 2.27. The van der Waals surface area contributed by atoms with Crippen LogP contribution in [0.3, 0.4) is 0 Å². The maximum atomic E-state index is 11.9. The van der Waals surface area contributed by atoms with Crippen molar-refractivity contribution in [2.24, 2.45) is 0 Å². The van der Waals surface area contributed by atoms with Crippen LogP contribution < -0.4 is 15.0 Å². The van der Waals surface area contributed by atoms with Gasteiger partial charge in [-0.15, -0.1) is 0 Å². The first kappa shape index (κ1) is 13.1. The van der Waals surface area contributed by atoms with E-state index in [0.717, 1.165) is 0 Å². The van der Waals surface area contributed by atoms with Crippen LogP contribution >= 0.6 is 15.9 Å². The first-order valence-electron chi connectivity index (χ1n) is 5.59. The number of hydrogen-bond acceptors (Lipinski definition) is 5. The van der Waals surface area contributed by atoms with Crippen molar-refractivity contribution in [1.29, 1.82) is 0 Å². The minimum atomic E-state index is -0.670. The number of rotatable bonds is 2. The summed E-state index contributed by atoms with van der Waals surface area (Å²) in [5, 5.41) is 2.84. The second-order valence-electron chi connectivity index (χ2n) is 4.49. The van der Waals surface area contributed by atoms with Gasteiger partial charge >= 0.3 is 0 Å². The highest BCUT2D eigenvalue weighted by Gasteiger charge is 2.39. The van der Waals surface area contributed by atoms with Crippen LogP contribution in [0.4, 0.5) is 5.95 Å². The van der Waals surface area contributed by atoms with Gasteiger partial charge in [-0.25, -0.2) is 4.98 Å². The summed E-state index contributed by atoms with van der Waals surface area (Å²) in [5.41, 5.74) is -0.670. The van der Waals surface area contributed by atoms with E-state index in [4.69, 9.17) is 4.74 Å². The Morgan fingerprint density at radius 1 is 1.56 bits per heavy atom. The number of amides is 1. The molecule has 1 amide bonds. The van der Waals surface area contributed by atoms with Crippen LogP contribution in [-0.2, 0) is 4.79 Å².